The Bertz CT molecular complexity index is 524. The quantitative estimate of drug-likeness (QED) is 0.662. The summed E-state index contributed by atoms with van der Waals surface area (Å²) in [6.45, 7) is 6.00. The van der Waals surface area contributed by atoms with Gasteiger partial charge in [-0.25, -0.2) is 4.79 Å². The number of aromatic carboxylic acids is 1. The zero-order chi connectivity index (χ0) is 14.7. The number of nitro benzene ring substituents is 1. The average Bonchev–Trinajstić information content (AvgIpc) is 2.46. The second kappa shape index (κ2) is 5.87. The van der Waals surface area contributed by atoms with Crippen LogP contribution in [0.2, 0.25) is 0 Å². The SMILES string of the molecule is CCN1CCN(c2cccc(C(=O)O)c2[N+](=O)[O-])CC1. The van der Waals surface area contributed by atoms with Gasteiger partial charge in [0.1, 0.15) is 11.3 Å². The lowest BCUT2D eigenvalue weighted by atomic mass is 10.1. The Morgan fingerprint density at radius 1 is 1.35 bits per heavy atom. The van der Waals surface area contributed by atoms with Crippen LogP contribution in [-0.2, 0) is 0 Å². The Hall–Kier alpha value is -2.15. The van der Waals surface area contributed by atoms with E-state index in [-0.39, 0.29) is 11.3 Å². The zero-order valence-electron chi connectivity index (χ0n) is 11.3. The molecular weight excluding hydrogens is 262 g/mol. The highest BCUT2D eigenvalue weighted by atomic mass is 16.6. The molecule has 1 aliphatic heterocycles. The number of likely N-dealkylation sites (N-methyl/N-ethyl adjacent to an activating group) is 1. The monoisotopic (exact) mass is 279 g/mol. The van der Waals surface area contributed by atoms with Crippen LogP contribution < -0.4 is 4.90 Å². The van der Waals surface area contributed by atoms with Crippen LogP contribution in [-0.4, -0.2) is 53.6 Å². The van der Waals surface area contributed by atoms with E-state index < -0.39 is 10.9 Å². The lowest BCUT2D eigenvalue weighted by molar-refractivity contribution is -0.384. The van der Waals surface area contributed by atoms with E-state index in [9.17, 15) is 14.9 Å². The van der Waals surface area contributed by atoms with Gasteiger partial charge in [-0.1, -0.05) is 13.0 Å². The summed E-state index contributed by atoms with van der Waals surface area (Å²) in [5, 5.41) is 20.3. The van der Waals surface area contributed by atoms with Crippen LogP contribution in [0.5, 0.6) is 0 Å². The smallest absolute Gasteiger partial charge is 0.342 e. The summed E-state index contributed by atoms with van der Waals surface area (Å²) in [5.41, 5.74) is -0.180. The van der Waals surface area contributed by atoms with Crippen LogP contribution in [0.4, 0.5) is 11.4 Å². The fourth-order valence-electron chi connectivity index (χ4n) is 2.46. The van der Waals surface area contributed by atoms with E-state index in [2.05, 4.69) is 11.8 Å². The maximum atomic E-state index is 11.2. The summed E-state index contributed by atoms with van der Waals surface area (Å²) in [7, 11) is 0. The molecule has 1 aliphatic rings. The molecular formula is C13H17N3O4. The maximum absolute atomic E-state index is 11.2. The highest BCUT2D eigenvalue weighted by molar-refractivity contribution is 5.95. The van der Waals surface area contributed by atoms with Crippen molar-refractivity contribution in [2.75, 3.05) is 37.6 Å². The number of nitrogens with zero attached hydrogens (tertiary/aromatic N) is 3. The number of carbonyl (C=O) groups is 1. The van der Waals surface area contributed by atoms with Gasteiger partial charge in [0.15, 0.2) is 0 Å². The molecule has 1 saturated heterocycles. The van der Waals surface area contributed by atoms with Crippen molar-refractivity contribution in [2.24, 2.45) is 0 Å². The van der Waals surface area contributed by atoms with E-state index in [1.807, 2.05) is 4.90 Å². The van der Waals surface area contributed by atoms with Crippen molar-refractivity contribution in [3.8, 4) is 0 Å². The summed E-state index contributed by atoms with van der Waals surface area (Å²) in [5.74, 6) is -1.27. The van der Waals surface area contributed by atoms with Crippen LogP contribution >= 0.6 is 0 Å². The van der Waals surface area contributed by atoms with Crippen molar-refractivity contribution in [3.05, 3.63) is 33.9 Å². The molecule has 1 N–H and O–H groups in total. The fourth-order valence-corrected chi connectivity index (χ4v) is 2.46. The second-order valence-electron chi connectivity index (χ2n) is 4.66. The van der Waals surface area contributed by atoms with Crippen LogP contribution in [0.15, 0.2) is 18.2 Å². The van der Waals surface area contributed by atoms with Gasteiger partial charge < -0.3 is 14.9 Å². The minimum absolute atomic E-state index is 0.259. The number of nitro groups is 1. The number of rotatable bonds is 4. The van der Waals surface area contributed by atoms with Crippen molar-refractivity contribution in [1.29, 1.82) is 0 Å². The molecule has 1 fully saturated rings. The standard InChI is InChI=1S/C13H17N3O4/c1-2-14-6-8-15(9-7-14)11-5-3-4-10(13(17)18)12(11)16(19)20/h3-5H,2,6-9H2,1H3,(H,17,18). The van der Waals surface area contributed by atoms with Gasteiger partial charge in [-0.05, 0) is 18.7 Å². The summed E-state index contributed by atoms with van der Waals surface area (Å²) in [4.78, 5) is 25.9. The number of para-hydroxylation sites is 1. The molecule has 7 heteroatoms. The number of benzene rings is 1. The van der Waals surface area contributed by atoms with Gasteiger partial charge in [0.2, 0.25) is 0 Å². The van der Waals surface area contributed by atoms with Gasteiger partial charge in [0.25, 0.3) is 0 Å². The Morgan fingerprint density at radius 3 is 2.50 bits per heavy atom. The molecule has 1 heterocycles. The normalized spacial score (nSPS) is 16.1. The molecule has 108 valence electrons. The average molecular weight is 279 g/mol. The third-order valence-corrected chi connectivity index (χ3v) is 3.59. The summed E-state index contributed by atoms with van der Waals surface area (Å²) >= 11 is 0. The number of anilines is 1. The number of carboxylic acid groups (broad SMARTS) is 1. The van der Waals surface area contributed by atoms with Crippen LogP contribution in [0.25, 0.3) is 0 Å². The van der Waals surface area contributed by atoms with Gasteiger partial charge in [-0.15, -0.1) is 0 Å². The molecule has 0 radical (unpaired) electrons. The summed E-state index contributed by atoms with van der Waals surface area (Å²) in [6, 6.07) is 4.44. The maximum Gasteiger partial charge on any atom is 0.342 e. The summed E-state index contributed by atoms with van der Waals surface area (Å²) in [6.07, 6.45) is 0. The first kappa shape index (κ1) is 14.3. The van der Waals surface area contributed by atoms with Crippen molar-refractivity contribution in [3.63, 3.8) is 0 Å². The Kier molecular flexibility index (Phi) is 4.19. The van der Waals surface area contributed by atoms with E-state index in [0.29, 0.717) is 18.8 Å². The largest absolute Gasteiger partial charge is 0.477 e. The van der Waals surface area contributed by atoms with Crippen LogP contribution in [0, 0.1) is 10.1 Å². The molecule has 1 aromatic carbocycles. The molecule has 7 nitrogen and oxygen atoms in total. The molecule has 20 heavy (non-hydrogen) atoms. The molecule has 0 amide bonds. The van der Waals surface area contributed by atoms with Crippen LogP contribution in [0.3, 0.4) is 0 Å². The fraction of sp³-hybridized carbons (Fsp3) is 0.462. The minimum atomic E-state index is -1.27. The first-order valence-electron chi connectivity index (χ1n) is 6.52. The van der Waals surface area contributed by atoms with Gasteiger partial charge in [0, 0.05) is 26.2 Å². The third kappa shape index (κ3) is 2.72. The van der Waals surface area contributed by atoms with Gasteiger partial charge in [-0.2, -0.15) is 0 Å². The van der Waals surface area contributed by atoms with Gasteiger partial charge in [-0.3, -0.25) is 10.1 Å². The topological polar surface area (TPSA) is 86.9 Å². The van der Waals surface area contributed by atoms with Gasteiger partial charge in [0.05, 0.1) is 4.92 Å². The second-order valence-corrected chi connectivity index (χ2v) is 4.66. The van der Waals surface area contributed by atoms with Crippen molar-refractivity contribution < 1.29 is 14.8 Å². The van der Waals surface area contributed by atoms with E-state index in [1.54, 1.807) is 12.1 Å². The molecule has 0 spiro atoms. The van der Waals surface area contributed by atoms with Crippen molar-refractivity contribution >= 4 is 17.3 Å². The first-order valence-corrected chi connectivity index (χ1v) is 6.52. The zero-order valence-corrected chi connectivity index (χ0v) is 11.3. The number of hydrogen-bond donors (Lipinski definition) is 1. The Balaban J connectivity index is 2.35. The lowest BCUT2D eigenvalue weighted by Gasteiger charge is -2.35. The van der Waals surface area contributed by atoms with Crippen molar-refractivity contribution in [1.82, 2.24) is 4.90 Å². The molecule has 0 bridgehead atoms. The predicted octanol–water partition coefficient (Wildman–Crippen LogP) is 1.43. The highest BCUT2D eigenvalue weighted by Crippen LogP contribution is 2.32. The number of hydrogen-bond acceptors (Lipinski definition) is 5. The van der Waals surface area contributed by atoms with Gasteiger partial charge >= 0.3 is 11.7 Å². The van der Waals surface area contributed by atoms with E-state index in [1.165, 1.54) is 6.07 Å². The molecule has 2 rings (SSSR count). The van der Waals surface area contributed by atoms with E-state index >= 15 is 0 Å². The lowest BCUT2D eigenvalue weighted by Crippen LogP contribution is -2.46. The molecule has 0 unspecified atom stereocenters. The highest BCUT2D eigenvalue weighted by Gasteiger charge is 2.28. The molecule has 0 saturated carbocycles. The van der Waals surface area contributed by atoms with E-state index in [4.69, 9.17) is 5.11 Å². The van der Waals surface area contributed by atoms with E-state index in [0.717, 1.165) is 19.6 Å². The van der Waals surface area contributed by atoms with Crippen molar-refractivity contribution in [2.45, 2.75) is 6.92 Å². The Morgan fingerprint density at radius 2 is 2.00 bits per heavy atom. The summed E-state index contributed by atoms with van der Waals surface area (Å²) < 4.78 is 0. The minimum Gasteiger partial charge on any atom is -0.477 e. The number of piperazine rings is 1. The van der Waals surface area contributed by atoms with Crippen LogP contribution in [0.1, 0.15) is 17.3 Å². The first-order chi connectivity index (χ1) is 9.54. The number of carboxylic acids is 1. The molecule has 1 aromatic rings. The molecule has 0 aliphatic carbocycles. The molecule has 0 atom stereocenters. The Labute approximate surface area is 116 Å². The third-order valence-electron chi connectivity index (χ3n) is 3.59. The molecule has 0 aromatic heterocycles. The predicted molar refractivity (Wildman–Crippen MR) is 74.4 cm³/mol.